The van der Waals surface area contributed by atoms with E-state index in [2.05, 4.69) is 4.74 Å². The third kappa shape index (κ3) is 5.39. The van der Waals surface area contributed by atoms with Crippen molar-refractivity contribution in [2.45, 2.75) is 0 Å². The molecule has 0 unspecified atom stereocenters. The van der Waals surface area contributed by atoms with Crippen molar-refractivity contribution in [3.8, 4) is 5.75 Å². The first kappa shape index (κ1) is 18.6. The Morgan fingerprint density at radius 1 is 1.04 bits per heavy atom. The van der Waals surface area contributed by atoms with E-state index in [0.29, 0.717) is 16.8 Å². The molecule has 1 amide bonds. The maximum Gasteiger partial charge on any atom is 0.344 e. The molecular weight excluding hydrogens is 363 g/mol. The van der Waals surface area contributed by atoms with Gasteiger partial charge in [0.15, 0.2) is 30.7 Å². The molecule has 2 rings (SSSR count). The predicted octanol–water partition coefficient (Wildman–Crippen LogP) is 3.32. The summed E-state index contributed by atoms with van der Waals surface area (Å²) >= 11 is 5.74. The average molecular weight is 374 g/mol. The van der Waals surface area contributed by atoms with Crippen LogP contribution in [0, 0.1) is 17.5 Å². The summed E-state index contributed by atoms with van der Waals surface area (Å²) in [5.41, 5.74) is -0.574. The van der Waals surface area contributed by atoms with E-state index in [-0.39, 0.29) is 0 Å². The van der Waals surface area contributed by atoms with Gasteiger partial charge in [0.2, 0.25) is 0 Å². The van der Waals surface area contributed by atoms with Crippen LogP contribution < -0.4 is 10.1 Å². The molecule has 0 bridgehead atoms. The van der Waals surface area contributed by atoms with Gasteiger partial charge >= 0.3 is 5.97 Å². The molecule has 0 atom stereocenters. The summed E-state index contributed by atoms with van der Waals surface area (Å²) in [6.07, 6.45) is 0. The molecule has 1 N–H and O–H groups in total. The average Bonchev–Trinajstić information content (AvgIpc) is 2.59. The van der Waals surface area contributed by atoms with E-state index in [4.69, 9.17) is 16.3 Å². The molecule has 0 spiro atoms. The van der Waals surface area contributed by atoms with Crippen molar-refractivity contribution >= 4 is 29.2 Å². The van der Waals surface area contributed by atoms with Gasteiger partial charge in [-0.2, -0.15) is 0 Å². The molecule has 0 aromatic heterocycles. The van der Waals surface area contributed by atoms with Crippen LogP contribution in [0.15, 0.2) is 36.4 Å². The Balaban J connectivity index is 1.80. The van der Waals surface area contributed by atoms with E-state index in [1.165, 1.54) is 6.07 Å². The fourth-order valence-electron chi connectivity index (χ4n) is 1.70. The number of benzene rings is 2. The Kier molecular flexibility index (Phi) is 6.24. The maximum atomic E-state index is 13.4. The van der Waals surface area contributed by atoms with Gasteiger partial charge in [0.25, 0.3) is 5.91 Å². The van der Waals surface area contributed by atoms with Gasteiger partial charge in [-0.05, 0) is 30.3 Å². The number of nitrogens with one attached hydrogen (secondary N) is 1. The molecule has 9 heteroatoms. The second-order valence-electron chi connectivity index (χ2n) is 4.68. The number of esters is 1. The lowest BCUT2D eigenvalue weighted by molar-refractivity contribution is -0.149. The zero-order valence-corrected chi connectivity index (χ0v) is 13.3. The number of carbonyl (C=O) groups excluding carboxylic acids is 2. The van der Waals surface area contributed by atoms with Crippen molar-refractivity contribution in [1.29, 1.82) is 0 Å². The van der Waals surface area contributed by atoms with E-state index < -0.39 is 48.2 Å². The fourth-order valence-corrected chi connectivity index (χ4v) is 1.88. The Morgan fingerprint density at radius 2 is 1.80 bits per heavy atom. The molecule has 0 heterocycles. The van der Waals surface area contributed by atoms with Gasteiger partial charge in [-0.3, -0.25) is 4.79 Å². The largest absolute Gasteiger partial charge is 0.482 e. The number of anilines is 1. The van der Waals surface area contributed by atoms with Crippen LogP contribution in [-0.2, 0) is 14.3 Å². The molecule has 2 aromatic rings. The fraction of sp³-hybridized carbons (Fsp3) is 0.125. The van der Waals surface area contributed by atoms with Crippen LogP contribution in [0.25, 0.3) is 0 Å². The molecule has 0 saturated carbocycles. The zero-order chi connectivity index (χ0) is 18.4. The monoisotopic (exact) mass is 373 g/mol. The summed E-state index contributed by atoms with van der Waals surface area (Å²) in [6.45, 7) is -1.23. The third-order valence-corrected chi connectivity index (χ3v) is 3.06. The molecule has 25 heavy (non-hydrogen) atoms. The molecule has 132 valence electrons. The number of hydrogen-bond acceptors (Lipinski definition) is 4. The van der Waals surface area contributed by atoms with Crippen LogP contribution in [-0.4, -0.2) is 25.1 Å². The molecule has 0 fully saturated rings. The minimum absolute atomic E-state index is 0.331. The van der Waals surface area contributed by atoms with Crippen LogP contribution >= 0.6 is 11.6 Å². The van der Waals surface area contributed by atoms with E-state index >= 15 is 0 Å². The predicted molar refractivity (Wildman–Crippen MR) is 82.9 cm³/mol. The van der Waals surface area contributed by atoms with Crippen molar-refractivity contribution in [1.82, 2.24) is 0 Å². The molecule has 0 aliphatic rings. The second-order valence-corrected chi connectivity index (χ2v) is 5.11. The molecule has 0 radical (unpaired) electrons. The highest BCUT2D eigenvalue weighted by molar-refractivity contribution is 6.30. The summed E-state index contributed by atoms with van der Waals surface area (Å²) in [6, 6.07) is 7.78. The maximum absolute atomic E-state index is 13.4. The van der Waals surface area contributed by atoms with Gasteiger partial charge < -0.3 is 14.8 Å². The number of hydrogen-bond donors (Lipinski definition) is 1. The van der Waals surface area contributed by atoms with E-state index in [1.54, 1.807) is 18.2 Å². The van der Waals surface area contributed by atoms with E-state index in [9.17, 15) is 22.8 Å². The highest BCUT2D eigenvalue weighted by Gasteiger charge is 2.16. The summed E-state index contributed by atoms with van der Waals surface area (Å²) in [4.78, 5) is 23.0. The first-order valence-corrected chi connectivity index (χ1v) is 7.22. The van der Waals surface area contributed by atoms with Crippen LogP contribution in [0.5, 0.6) is 5.75 Å². The molecule has 0 saturated heterocycles. The van der Waals surface area contributed by atoms with Crippen LogP contribution in [0.1, 0.15) is 0 Å². The lowest BCUT2D eigenvalue weighted by Crippen LogP contribution is -2.24. The molecular formula is C16H11ClF3NO4. The Hall–Kier alpha value is -2.74. The Bertz CT molecular complexity index is 801. The first-order chi connectivity index (χ1) is 11.9. The minimum atomic E-state index is -1.72. The van der Waals surface area contributed by atoms with Crippen LogP contribution in [0.3, 0.4) is 0 Å². The van der Waals surface area contributed by atoms with Gasteiger partial charge in [-0.25, -0.2) is 18.0 Å². The van der Waals surface area contributed by atoms with Crippen LogP contribution in [0.4, 0.5) is 18.9 Å². The zero-order valence-electron chi connectivity index (χ0n) is 12.5. The third-order valence-electron chi connectivity index (χ3n) is 2.83. The SMILES string of the molecule is O=C(COC(=O)COc1cccc(Cl)c1)Nc1ccc(F)c(F)c1F. The molecule has 5 nitrogen and oxygen atoms in total. The minimum Gasteiger partial charge on any atom is -0.482 e. The van der Waals surface area contributed by atoms with Crippen molar-refractivity contribution < 1.29 is 32.2 Å². The highest BCUT2D eigenvalue weighted by atomic mass is 35.5. The quantitative estimate of drug-likeness (QED) is 0.623. The Morgan fingerprint density at radius 3 is 2.52 bits per heavy atom. The number of amides is 1. The van der Waals surface area contributed by atoms with Crippen LogP contribution in [0.2, 0.25) is 5.02 Å². The lowest BCUT2D eigenvalue weighted by Gasteiger charge is -2.09. The highest BCUT2D eigenvalue weighted by Crippen LogP contribution is 2.19. The summed E-state index contributed by atoms with van der Waals surface area (Å²) in [7, 11) is 0. The Labute approximate surface area is 145 Å². The standard InChI is InChI=1S/C16H11ClF3NO4/c17-9-2-1-3-10(6-9)24-8-14(23)25-7-13(22)21-12-5-4-11(18)15(19)16(12)20/h1-6H,7-8H2,(H,21,22). The van der Waals surface area contributed by atoms with Crippen molar-refractivity contribution in [3.05, 3.63) is 58.9 Å². The summed E-state index contributed by atoms with van der Waals surface area (Å²) in [5, 5.41) is 2.37. The van der Waals surface area contributed by atoms with Crippen molar-refractivity contribution in [3.63, 3.8) is 0 Å². The molecule has 2 aromatic carbocycles. The van der Waals surface area contributed by atoms with Crippen molar-refractivity contribution in [2.24, 2.45) is 0 Å². The number of rotatable bonds is 6. The normalized spacial score (nSPS) is 10.2. The van der Waals surface area contributed by atoms with Gasteiger partial charge in [-0.1, -0.05) is 17.7 Å². The van der Waals surface area contributed by atoms with Gasteiger partial charge in [0.05, 0.1) is 5.69 Å². The molecule has 0 aliphatic carbocycles. The topological polar surface area (TPSA) is 64.6 Å². The molecule has 0 aliphatic heterocycles. The summed E-state index contributed by atoms with van der Waals surface area (Å²) in [5.74, 6) is -6.12. The van der Waals surface area contributed by atoms with Gasteiger partial charge in [0, 0.05) is 5.02 Å². The van der Waals surface area contributed by atoms with Crippen molar-refractivity contribution in [2.75, 3.05) is 18.5 Å². The summed E-state index contributed by atoms with van der Waals surface area (Å²) < 4.78 is 48.9. The van der Waals surface area contributed by atoms with Gasteiger partial charge in [0.1, 0.15) is 5.75 Å². The number of halogens is 4. The lowest BCUT2D eigenvalue weighted by atomic mass is 10.3. The first-order valence-electron chi connectivity index (χ1n) is 6.84. The second kappa shape index (κ2) is 8.39. The number of ether oxygens (including phenoxy) is 2. The number of carbonyl (C=O) groups is 2. The smallest absolute Gasteiger partial charge is 0.344 e. The van der Waals surface area contributed by atoms with Gasteiger partial charge in [-0.15, -0.1) is 0 Å². The van der Waals surface area contributed by atoms with E-state index in [0.717, 1.165) is 6.07 Å². The van der Waals surface area contributed by atoms with E-state index in [1.807, 2.05) is 5.32 Å².